The van der Waals surface area contributed by atoms with Gasteiger partial charge in [-0.05, 0) is 55.0 Å². The zero-order valence-corrected chi connectivity index (χ0v) is 20.4. The second kappa shape index (κ2) is 8.74. The molecule has 0 atom stereocenters. The lowest BCUT2D eigenvalue weighted by Crippen LogP contribution is -2.44. The van der Waals surface area contributed by atoms with Gasteiger partial charge in [-0.2, -0.15) is 0 Å². The molecule has 1 saturated heterocycles. The minimum atomic E-state index is -3.54. The summed E-state index contributed by atoms with van der Waals surface area (Å²) in [5.41, 5.74) is 5.45. The van der Waals surface area contributed by atoms with E-state index < -0.39 is 15.4 Å². The number of fused-ring (bicyclic) bond motifs is 2. The zero-order chi connectivity index (χ0) is 23.9. The molecule has 5 rings (SSSR count). The van der Waals surface area contributed by atoms with Crippen LogP contribution in [0.4, 0.5) is 0 Å². The number of piperidine rings is 1. The molecule has 1 N–H and O–H groups in total. The van der Waals surface area contributed by atoms with E-state index in [0.29, 0.717) is 13.2 Å². The number of nitrogens with zero attached hydrogens (tertiary/aromatic N) is 1. The predicted molar refractivity (Wildman–Crippen MR) is 130 cm³/mol. The first-order chi connectivity index (χ1) is 16.3. The third-order valence-corrected chi connectivity index (χ3v) is 7.63. The first kappa shape index (κ1) is 22.9. The Kier molecular flexibility index (Phi) is 5.90. The van der Waals surface area contributed by atoms with Gasteiger partial charge in [-0.15, -0.1) is 0 Å². The maximum atomic E-state index is 12.5. The average Bonchev–Trinajstić information content (AvgIpc) is 3.61. The number of methoxy groups -OCH3 is 1. The largest absolute Gasteiger partial charge is 0.497 e. The Labute approximate surface area is 200 Å². The minimum Gasteiger partial charge on any atom is -0.497 e. The van der Waals surface area contributed by atoms with E-state index in [2.05, 4.69) is 21.8 Å². The smallest absolute Gasteiger partial charge is 0.240 e. The van der Waals surface area contributed by atoms with Crippen LogP contribution in [0.5, 0.6) is 11.5 Å². The fraction of sp³-hybridized carbons (Fsp3) is 0.423. The molecule has 1 aliphatic carbocycles. The Balaban J connectivity index is 1.40. The van der Waals surface area contributed by atoms with E-state index in [1.54, 1.807) is 7.11 Å². The first-order valence-corrected chi connectivity index (χ1v) is 13.5. The molecule has 8 heteroatoms. The van der Waals surface area contributed by atoms with E-state index in [0.717, 1.165) is 67.7 Å². The molecule has 0 unspecified atom stereocenters. The average molecular weight is 483 g/mol. The molecular weight excluding hydrogens is 452 g/mol. The molecule has 0 bridgehead atoms. The van der Waals surface area contributed by atoms with Gasteiger partial charge in [0.1, 0.15) is 18.1 Å². The molecule has 34 heavy (non-hydrogen) atoms. The highest BCUT2D eigenvalue weighted by Gasteiger charge is 2.51. The molecule has 2 aromatic rings. The maximum absolute atomic E-state index is 12.5. The molecule has 2 fully saturated rings. The number of sulfonamides is 1. The van der Waals surface area contributed by atoms with Crippen LogP contribution in [-0.2, 0) is 21.4 Å². The number of amides is 1. The van der Waals surface area contributed by atoms with Crippen LogP contribution in [0.3, 0.4) is 0 Å². The fourth-order valence-electron chi connectivity index (χ4n) is 5.08. The number of rotatable bonds is 5. The van der Waals surface area contributed by atoms with Crippen LogP contribution in [0.1, 0.15) is 42.4 Å². The number of likely N-dealkylation sites (tertiary alicyclic amines) is 1. The molecule has 1 amide bonds. The van der Waals surface area contributed by atoms with Crippen LogP contribution < -0.4 is 14.2 Å². The van der Waals surface area contributed by atoms with Gasteiger partial charge in [0.15, 0.2) is 0 Å². The van der Waals surface area contributed by atoms with Crippen molar-refractivity contribution in [1.29, 1.82) is 0 Å². The highest BCUT2D eigenvalue weighted by molar-refractivity contribution is 7.89. The van der Waals surface area contributed by atoms with E-state index in [4.69, 9.17) is 9.47 Å². The lowest BCUT2D eigenvalue weighted by Gasteiger charge is -2.32. The van der Waals surface area contributed by atoms with Crippen LogP contribution in [0.25, 0.3) is 5.57 Å². The van der Waals surface area contributed by atoms with E-state index >= 15 is 0 Å². The number of hydrogen-bond acceptors (Lipinski definition) is 6. The standard InChI is InChI=1S/C26H30N2O5S/c1-32-20-7-8-21-19(15-20)16-33-23-6-4-3-5-22(23)24(21)18-9-13-28(14-10-18)17-26(11-12-26)25(29)27-34(2,30)31/h3-8,15H,9-14,16-17H2,1-2H3,(H,27,29). The summed E-state index contributed by atoms with van der Waals surface area (Å²) < 4.78 is 36.8. The van der Waals surface area contributed by atoms with Gasteiger partial charge in [-0.1, -0.05) is 29.8 Å². The van der Waals surface area contributed by atoms with Crippen molar-refractivity contribution in [3.63, 3.8) is 0 Å². The summed E-state index contributed by atoms with van der Waals surface area (Å²) in [6, 6.07) is 14.4. The zero-order valence-electron chi connectivity index (χ0n) is 19.6. The second-order valence-electron chi connectivity index (χ2n) is 9.55. The highest BCUT2D eigenvalue weighted by atomic mass is 32.2. The second-order valence-corrected chi connectivity index (χ2v) is 11.3. The van der Waals surface area contributed by atoms with Crippen LogP contribution in [0.15, 0.2) is 48.0 Å². The Hall–Kier alpha value is -2.84. The summed E-state index contributed by atoms with van der Waals surface area (Å²) in [5.74, 6) is 1.34. The van der Waals surface area contributed by atoms with Crippen LogP contribution in [0.2, 0.25) is 0 Å². The number of nitrogens with one attached hydrogen (secondary N) is 1. The molecule has 1 saturated carbocycles. The van der Waals surface area contributed by atoms with Gasteiger partial charge in [0.25, 0.3) is 0 Å². The number of carbonyl (C=O) groups excluding carboxylic acids is 1. The Morgan fingerprint density at radius 2 is 1.85 bits per heavy atom. The monoisotopic (exact) mass is 482 g/mol. The molecule has 2 heterocycles. The summed E-state index contributed by atoms with van der Waals surface area (Å²) in [6.45, 7) is 2.76. The Morgan fingerprint density at radius 3 is 2.53 bits per heavy atom. The minimum absolute atomic E-state index is 0.364. The van der Waals surface area contributed by atoms with Gasteiger partial charge in [-0.3, -0.25) is 9.52 Å². The van der Waals surface area contributed by atoms with Crippen LogP contribution >= 0.6 is 0 Å². The summed E-state index contributed by atoms with van der Waals surface area (Å²) in [7, 11) is -1.87. The fourth-order valence-corrected chi connectivity index (χ4v) is 5.64. The van der Waals surface area contributed by atoms with E-state index in [9.17, 15) is 13.2 Å². The van der Waals surface area contributed by atoms with Crippen molar-refractivity contribution in [2.45, 2.75) is 32.3 Å². The van der Waals surface area contributed by atoms with Crippen molar-refractivity contribution in [2.24, 2.45) is 5.41 Å². The molecule has 3 aliphatic rings. The third kappa shape index (κ3) is 4.57. The molecule has 0 aromatic heterocycles. The Bertz CT molecular complexity index is 1250. The van der Waals surface area contributed by atoms with Crippen molar-refractivity contribution >= 4 is 21.5 Å². The first-order valence-electron chi connectivity index (χ1n) is 11.6. The van der Waals surface area contributed by atoms with Crippen molar-refractivity contribution in [3.05, 3.63) is 64.7 Å². The SMILES string of the molecule is COc1ccc2c(c1)COc1ccccc1C2=C1CCN(CC2(C(=O)NS(C)(=O)=O)CC2)CC1. The predicted octanol–water partition coefficient (Wildman–Crippen LogP) is 3.34. The Morgan fingerprint density at radius 1 is 1.12 bits per heavy atom. The van der Waals surface area contributed by atoms with Crippen molar-refractivity contribution < 1.29 is 22.7 Å². The van der Waals surface area contributed by atoms with Crippen LogP contribution in [0, 0.1) is 5.41 Å². The van der Waals surface area contributed by atoms with Gasteiger partial charge in [0.05, 0.1) is 18.8 Å². The topological polar surface area (TPSA) is 84.9 Å². The molecule has 2 aromatic carbocycles. The molecule has 2 aliphatic heterocycles. The van der Waals surface area contributed by atoms with Gasteiger partial charge in [0, 0.05) is 30.8 Å². The molecular formula is C26H30N2O5S. The number of para-hydroxylation sites is 1. The van der Waals surface area contributed by atoms with Crippen molar-refractivity contribution in [3.8, 4) is 11.5 Å². The van der Waals surface area contributed by atoms with Gasteiger partial charge in [0.2, 0.25) is 15.9 Å². The van der Waals surface area contributed by atoms with E-state index in [1.165, 1.54) is 16.7 Å². The summed E-state index contributed by atoms with van der Waals surface area (Å²) in [6.07, 6.45) is 4.28. The van der Waals surface area contributed by atoms with E-state index in [1.807, 2.05) is 30.3 Å². The van der Waals surface area contributed by atoms with Gasteiger partial charge >= 0.3 is 0 Å². The van der Waals surface area contributed by atoms with Crippen molar-refractivity contribution in [1.82, 2.24) is 9.62 Å². The number of benzene rings is 2. The number of ether oxygens (including phenoxy) is 2. The maximum Gasteiger partial charge on any atom is 0.240 e. The molecule has 0 radical (unpaired) electrons. The van der Waals surface area contributed by atoms with E-state index in [-0.39, 0.29) is 5.91 Å². The van der Waals surface area contributed by atoms with Crippen molar-refractivity contribution in [2.75, 3.05) is 33.0 Å². The summed E-state index contributed by atoms with van der Waals surface area (Å²) in [4.78, 5) is 14.8. The van der Waals surface area contributed by atoms with Gasteiger partial charge < -0.3 is 14.4 Å². The molecule has 0 spiro atoms. The third-order valence-electron chi connectivity index (χ3n) is 7.07. The number of hydrogen-bond donors (Lipinski definition) is 1. The van der Waals surface area contributed by atoms with Crippen LogP contribution in [-0.4, -0.2) is 52.2 Å². The van der Waals surface area contributed by atoms with Gasteiger partial charge in [-0.25, -0.2) is 8.42 Å². The lowest BCUT2D eigenvalue weighted by atomic mass is 9.86. The summed E-state index contributed by atoms with van der Waals surface area (Å²) >= 11 is 0. The molecule has 180 valence electrons. The molecule has 7 nitrogen and oxygen atoms in total. The number of carbonyl (C=O) groups is 1. The quantitative estimate of drug-likeness (QED) is 0.704. The lowest BCUT2D eigenvalue weighted by molar-refractivity contribution is -0.125. The normalized spacial score (nSPS) is 19.4. The summed E-state index contributed by atoms with van der Waals surface area (Å²) in [5, 5.41) is 0. The highest BCUT2D eigenvalue weighted by Crippen LogP contribution is 2.48.